The molecule has 0 aliphatic heterocycles. The molecule has 82 valence electrons. The summed E-state index contributed by atoms with van der Waals surface area (Å²) < 4.78 is 9.65. The minimum Gasteiger partial charge on any atom is -0.491 e. The highest BCUT2D eigenvalue weighted by Gasteiger charge is 2.20. The third kappa shape index (κ3) is 2.47. The number of aromatic nitrogens is 2. The van der Waals surface area contributed by atoms with Crippen molar-refractivity contribution in [1.82, 2.24) is 9.97 Å². The van der Waals surface area contributed by atoms with Gasteiger partial charge in [-0.25, -0.2) is 9.78 Å². The number of methoxy groups -OCH3 is 1. The first-order valence-electron chi connectivity index (χ1n) is 4.14. The molecule has 0 aliphatic carbocycles. The maximum absolute atomic E-state index is 11.4. The molecule has 7 heteroatoms. The molecule has 1 rings (SSSR count). The molecule has 0 bridgehead atoms. The van der Waals surface area contributed by atoms with Crippen LogP contribution >= 0.6 is 11.6 Å². The first-order valence-corrected chi connectivity index (χ1v) is 4.52. The zero-order valence-corrected chi connectivity index (χ0v) is 9.04. The maximum Gasteiger partial charge on any atom is 0.361 e. The fourth-order valence-electron chi connectivity index (χ4n) is 0.979. The maximum atomic E-state index is 11.4. The summed E-state index contributed by atoms with van der Waals surface area (Å²) in [5.41, 5.74) is 5.43. The molecule has 0 spiro atoms. The van der Waals surface area contributed by atoms with E-state index < -0.39 is 5.97 Å². The minimum atomic E-state index is -0.648. The van der Waals surface area contributed by atoms with Crippen LogP contribution in [-0.2, 0) is 4.74 Å². The van der Waals surface area contributed by atoms with Gasteiger partial charge in [-0.2, -0.15) is 4.98 Å². The Morgan fingerprint density at radius 3 is 2.73 bits per heavy atom. The van der Waals surface area contributed by atoms with Crippen molar-refractivity contribution < 1.29 is 14.3 Å². The van der Waals surface area contributed by atoms with Gasteiger partial charge in [0.25, 0.3) is 0 Å². The quantitative estimate of drug-likeness (QED) is 0.614. The number of ether oxygens (including phenoxy) is 2. The molecular formula is C8H10ClN3O3. The van der Waals surface area contributed by atoms with Crippen molar-refractivity contribution in [3.63, 3.8) is 0 Å². The van der Waals surface area contributed by atoms with Gasteiger partial charge in [0.1, 0.15) is 0 Å². The monoisotopic (exact) mass is 231 g/mol. The number of nitrogen functional groups attached to an aromatic ring is 1. The third-order valence-electron chi connectivity index (χ3n) is 1.54. The van der Waals surface area contributed by atoms with Crippen LogP contribution in [0.25, 0.3) is 0 Å². The van der Waals surface area contributed by atoms with Crippen molar-refractivity contribution >= 4 is 23.4 Å². The summed E-state index contributed by atoms with van der Waals surface area (Å²) in [7, 11) is 1.35. The van der Waals surface area contributed by atoms with Gasteiger partial charge in [0.2, 0.25) is 5.28 Å². The van der Waals surface area contributed by atoms with Crippen molar-refractivity contribution in [3.05, 3.63) is 11.0 Å². The van der Waals surface area contributed by atoms with Gasteiger partial charge in [-0.15, -0.1) is 0 Å². The molecule has 0 saturated heterocycles. The van der Waals surface area contributed by atoms with Crippen molar-refractivity contribution in [3.8, 4) is 5.75 Å². The van der Waals surface area contributed by atoms with Crippen LogP contribution in [0.1, 0.15) is 17.4 Å². The third-order valence-corrected chi connectivity index (χ3v) is 1.71. The Balaban J connectivity index is 3.20. The summed E-state index contributed by atoms with van der Waals surface area (Å²) in [4.78, 5) is 18.8. The normalized spacial score (nSPS) is 9.80. The molecule has 15 heavy (non-hydrogen) atoms. The number of carbonyl (C=O) groups is 1. The van der Waals surface area contributed by atoms with E-state index in [9.17, 15) is 4.79 Å². The lowest BCUT2D eigenvalue weighted by atomic mass is 10.3. The van der Waals surface area contributed by atoms with Gasteiger partial charge < -0.3 is 15.2 Å². The standard InChI is InChI=1S/C8H10ClN3O3/c1-3-15-7(13)4-5(14-2)6(10)12-8(9)11-4/h3H2,1-2H3,(H2,10,11,12). The number of hydrogen-bond acceptors (Lipinski definition) is 6. The topological polar surface area (TPSA) is 87.3 Å². The molecule has 0 saturated carbocycles. The Labute approximate surface area is 91.4 Å². The largest absolute Gasteiger partial charge is 0.491 e. The van der Waals surface area contributed by atoms with E-state index >= 15 is 0 Å². The second-order valence-corrected chi connectivity index (χ2v) is 2.82. The summed E-state index contributed by atoms with van der Waals surface area (Å²) >= 11 is 5.56. The van der Waals surface area contributed by atoms with E-state index in [2.05, 4.69) is 9.97 Å². The van der Waals surface area contributed by atoms with Crippen molar-refractivity contribution in [1.29, 1.82) is 0 Å². The molecule has 0 aliphatic rings. The van der Waals surface area contributed by atoms with Gasteiger partial charge in [-0.1, -0.05) is 0 Å². The van der Waals surface area contributed by atoms with Crippen LogP contribution in [0.3, 0.4) is 0 Å². The fourth-order valence-corrected chi connectivity index (χ4v) is 1.15. The second-order valence-electron chi connectivity index (χ2n) is 2.48. The number of esters is 1. The Kier molecular flexibility index (Phi) is 3.68. The average Bonchev–Trinajstić information content (AvgIpc) is 2.17. The molecule has 0 fully saturated rings. The van der Waals surface area contributed by atoms with Crippen LogP contribution in [0.5, 0.6) is 5.75 Å². The molecule has 2 N–H and O–H groups in total. The highest BCUT2D eigenvalue weighted by atomic mass is 35.5. The zero-order chi connectivity index (χ0) is 11.4. The predicted octanol–water partition coefficient (Wildman–Crippen LogP) is 0.897. The molecule has 0 aromatic carbocycles. The Morgan fingerprint density at radius 2 is 2.20 bits per heavy atom. The lowest BCUT2D eigenvalue weighted by Crippen LogP contribution is -2.12. The number of hydrogen-bond donors (Lipinski definition) is 1. The molecule has 1 aromatic rings. The van der Waals surface area contributed by atoms with Gasteiger partial charge in [-0.05, 0) is 18.5 Å². The summed E-state index contributed by atoms with van der Waals surface area (Å²) in [5.74, 6) is -0.580. The molecule has 1 aromatic heterocycles. The van der Waals surface area contributed by atoms with Crippen LogP contribution < -0.4 is 10.5 Å². The first kappa shape index (κ1) is 11.5. The fraction of sp³-hybridized carbons (Fsp3) is 0.375. The van der Waals surface area contributed by atoms with E-state index in [0.29, 0.717) is 0 Å². The first-order chi connectivity index (χ1) is 7.10. The molecule has 1 heterocycles. The van der Waals surface area contributed by atoms with Gasteiger partial charge in [0.15, 0.2) is 17.3 Å². The summed E-state index contributed by atoms with van der Waals surface area (Å²) in [6, 6.07) is 0. The predicted molar refractivity (Wildman–Crippen MR) is 54.0 cm³/mol. The Morgan fingerprint density at radius 1 is 1.53 bits per heavy atom. The molecule has 0 atom stereocenters. The SMILES string of the molecule is CCOC(=O)c1nc(Cl)nc(N)c1OC. The molecule has 0 unspecified atom stereocenters. The minimum absolute atomic E-state index is 0.000512. The van der Waals surface area contributed by atoms with Gasteiger partial charge >= 0.3 is 5.97 Å². The van der Waals surface area contributed by atoms with E-state index in [1.54, 1.807) is 6.92 Å². The van der Waals surface area contributed by atoms with Crippen LogP contribution in [0, 0.1) is 0 Å². The number of rotatable bonds is 3. The summed E-state index contributed by atoms with van der Waals surface area (Å²) in [6.07, 6.45) is 0. The van der Waals surface area contributed by atoms with Crippen LogP contribution in [0.2, 0.25) is 5.28 Å². The number of carbonyl (C=O) groups excluding carboxylic acids is 1. The average molecular weight is 232 g/mol. The highest BCUT2D eigenvalue weighted by molar-refractivity contribution is 6.28. The molecule has 6 nitrogen and oxygen atoms in total. The van der Waals surface area contributed by atoms with E-state index in [1.165, 1.54) is 7.11 Å². The van der Waals surface area contributed by atoms with Crippen molar-refractivity contribution in [2.24, 2.45) is 0 Å². The Hall–Kier alpha value is -1.56. The lowest BCUT2D eigenvalue weighted by molar-refractivity contribution is 0.0515. The van der Waals surface area contributed by atoms with Crippen molar-refractivity contribution in [2.45, 2.75) is 6.92 Å². The highest BCUT2D eigenvalue weighted by Crippen LogP contribution is 2.24. The van der Waals surface area contributed by atoms with Gasteiger partial charge in [0, 0.05) is 0 Å². The molecule has 0 amide bonds. The van der Waals surface area contributed by atoms with Crippen molar-refractivity contribution in [2.75, 3.05) is 19.5 Å². The van der Waals surface area contributed by atoms with E-state index in [4.69, 9.17) is 26.8 Å². The second kappa shape index (κ2) is 4.79. The number of nitrogens with two attached hydrogens (primary N) is 1. The molecular weight excluding hydrogens is 222 g/mol. The van der Waals surface area contributed by atoms with Gasteiger partial charge in [0.05, 0.1) is 13.7 Å². The molecule has 0 radical (unpaired) electrons. The van der Waals surface area contributed by atoms with E-state index in [1.807, 2.05) is 0 Å². The smallest absolute Gasteiger partial charge is 0.361 e. The zero-order valence-electron chi connectivity index (χ0n) is 8.28. The Bertz CT molecular complexity index is 384. The van der Waals surface area contributed by atoms with E-state index in [0.717, 1.165) is 0 Å². The van der Waals surface area contributed by atoms with Crippen LogP contribution in [0.15, 0.2) is 0 Å². The van der Waals surface area contributed by atoms with E-state index in [-0.39, 0.29) is 29.2 Å². The summed E-state index contributed by atoms with van der Waals surface area (Å²) in [5, 5.41) is -0.128. The van der Waals surface area contributed by atoms with Gasteiger partial charge in [-0.3, -0.25) is 0 Å². The number of anilines is 1. The van der Waals surface area contributed by atoms with Crippen LogP contribution in [0.4, 0.5) is 5.82 Å². The lowest BCUT2D eigenvalue weighted by Gasteiger charge is -2.08. The number of nitrogens with zero attached hydrogens (tertiary/aromatic N) is 2. The number of halogens is 1. The van der Waals surface area contributed by atoms with Crippen LogP contribution in [-0.4, -0.2) is 29.7 Å². The summed E-state index contributed by atoms with van der Waals surface area (Å²) in [6.45, 7) is 1.90.